The van der Waals surface area contributed by atoms with Gasteiger partial charge in [0.25, 0.3) is 0 Å². The van der Waals surface area contributed by atoms with Crippen molar-refractivity contribution in [1.82, 2.24) is 14.6 Å². The fraction of sp³-hybridized carbons (Fsp3) is 0.583. The summed E-state index contributed by atoms with van der Waals surface area (Å²) in [5.74, 6) is 0.469. The minimum atomic E-state index is -0.947. The molecule has 6 nitrogen and oxygen atoms in total. The molecule has 0 saturated carbocycles. The third kappa shape index (κ3) is 5.50. The van der Waals surface area contributed by atoms with Crippen LogP contribution in [-0.2, 0) is 6.54 Å². The Morgan fingerprint density at radius 3 is 2.84 bits per heavy atom. The summed E-state index contributed by atoms with van der Waals surface area (Å²) in [7, 11) is 1.80. The zero-order chi connectivity index (χ0) is 14.3. The zero-order valence-electron chi connectivity index (χ0n) is 11.6. The normalized spacial score (nSPS) is 15.2. The van der Waals surface area contributed by atoms with Gasteiger partial charge in [0.05, 0.1) is 12.6 Å². The summed E-state index contributed by atoms with van der Waals surface area (Å²) >= 11 is 0. The molecule has 0 spiro atoms. The molecule has 106 valence electrons. The molecule has 0 saturated heterocycles. The van der Waals surface area contributed by atoms with Crippen LogP contribution in [0.25, 0.3) is 0 Å². The highest BCUT2D eigenvalue weighted by molar-refractivity contribution is 5.16. The Kier molecular flexibility index (Phi) is 5.98. The second-order valence-corrected chi connectivity index (χ2v) is 4.31. The van der Waals surface area contributed by atoms with Gasteiger partial charge in [-0.1, -0.05) is 17.4 Å². The first-order chi connectivity index (χ1) is 9.00. The van der Waals surface area contributed by atoms with E-state index in [1.165, 1.54) is 13.0 Å². The molecule has 2 atom stereocenters. The van der Waals surface area contributed by atoms with Gasteiger partial charge in [0.1, 0.15) is 6.17 Å². The molecule has 0 radical (unpaired) electrons. The molecule has 1 aromatic heterocycles. The third-order valence-electron chi connectivity index (χ3n) is 2.64. The van der Waals surface area contributed by atoms with Gasteiger partial charge in [-0.25, -0.2) is 9.37 Å². The molecule has 1 rings (SSSR count). The Morgan fingerprint density at radius 2 is 2.26 bits per heavy atom. The molecule has 0 aliphatic carbocycles. The van der Waals surface area contributed by atoms with E-state index in [9.17, 15) is 4.39 Å². The van der Waals surface area contributed by atoms with Gasteiger partial charge in [-0.15, -0.1) is 0 Å². The van der Waals surface area contributed by atoms with Gasteiger partial charge >= 0.3 is 0 Å². The van der Waals surface area contributed by atoms with Crippen molar-refractivity contribution in [1.29, 1.82) is 0 Å². The summed E-state index contributed by atoms with van der Waals surface area (Å²) in [6.07, 6.45) is 5.75. The number of nitrogens with two attached hydrogens (primary N) is 1. The lowest BCUT2D eigenvalue weighted by atomic mass is 10.2. The molecule has 0 aliphatic rings. The molecule has 2 N–H and O–H groups in total. The van der Waals surface area contributed by atoms with Gasteiger partial charge in [0.15, 0.2) is 5.95 Å². The van der Waals surface area contributed by atoms with Gasteiger partial charge in [0, 0.05) is 26.0 Å². The van der Waals surface area contributed by atoms with E-state index in [1.807, 2.05) is 6.92 Å². The molecule has 0 fully saturated rings. The first kappa shape index (κ1) is 15.1. The van der Waals surface area contributed by atoms with Crippen LogP contribution in [0.2, 0.25) is 0 Å². The van der Waals surface area contributed by atoms with Gasteiger partial charge in [-0.05, 0) is 13.8 Å². The molecule has 0 amide bonds. The minimum Gasteiger partial charge on any atom is -0.369 e. The summed E-state index contributed by atoms with van der Waals surface area (Å²) in [5, 5.41) is 9.77. The average Bonchev–Trinajstić information content (AvgIpc) is 2.77. The van der Waals surface area contributed by atoms with Gasteiger partial charge in [-0.2, -0.15) is 5.11 Å². The smallest absolute Gasteiger partial charge is 0.200 e. The van der Waals surface area contributed by atoms with E-state index in [0.717, 1.165) is 0 Å². The topological polar surface area (TPSA) is 71.8 Å². The highest BCUT2D eigenvalue weighted by Gasteiger charge is 2.03. The minimum absolute atomic E-state index is 0.000245. The first-order valence-electron chi connectivity index (χ1n) is 6.20. The molecule has 7 heteroatoms. The predicted octanol–water partition coefficient (Wildman–Crippen LogP) is 2.07. The second-order valence-electron chi connectivity index (χ2n) is 4.31. The average molecular weight is 268 g/mol. The number of hydrogen-bond acceptors (Lipinski definition) is 4. The SMILES string of the molecule is CC(F)/C=C\C(C)N(C)/N=N\CCn1ccnc1N. The largest absolute Gasteiger partial charge is 0.369 e. The summed E-state index contributed by atoms with van der Waals surface area (Å²) < 4.78 is 14.4. The number of nitrogen functional groups attached to an aromatic ring is 1. The van der Waals surface area contributed by atoms with E-state index in [-0.39, 0.29) is 6.04 Å². The number of likely N-dealkylation sites (N-methyl/N-ethyl adjacent to an activating group) is 1. The molecule has 19 heavy (non-hydrogen) atoms. The number of alkyl halides is 1. The number of aromatic nitrogens is 2. The van der Waals surface area contributed by atoms with Gasteiger partial charge in [0.2, 0.25) is 0 Å². The van der Waals surface area contributed by atoms with Crippen LogP contribution in [0.1, 0.15) is 13.8 Å². The van der Waals surface area contributed by atoms with Crippen molar-refractivity contribution in [2.45, 2.75) is 32.6 Å². The van der Waals surface area contributed by atoms with Crippen LogP contribution in [-0.4, -0.2) is 40.4 Å². The monoisotopic (exact) mass is 268 g/mol. The number of imidazole rings is 1. The molecular formula is C12H21FN6. The quantitative estimate of drug-likeness (QED) is 0.467. The maximum Gasteiger partial charge on any atom is 0.200 e. The molecule has 1 heterocycles. The number of halogens is 1. The first-order valence-corrected chi connectivity index (χ1v) is 6.20. The van der Waals surface area contributed by atoms with Crippen molar-refractivity contribution >= 4 is 5.95 Å². The lowest BCUT2D eigenvalue weighted by molar-refractivity contribution is 0.286. The van der Waals surface area contributed by atoms with Gasteiger partial charge < -0.3 is 10.3 Å². The summed E-state index contributed by atoms with van der Waals surface area (Å²) in [6.45, 7) is 4.56. The van der Waals surface area contributed by atoms with E-state index in [4.69, 9.17) is 5.73 Å². The summed E-state index contributed by atoms with van der Waals surface area (Å²) in [5.41, 5.74) is 5.62. The van der Waals surface area contributed by atoms with Crippen molar-refractivity contribution in [2.75, 3.05) is 19.3 Å². The second kappa shape index (κ2) is 7.50. The fourth-order valence-corrected chi connectivity index (χ4v) is 1.35. The van der Waals surface area contributed by atoms with E-state index in [1.54, 1.807) is 35.1 Å². The summed E-state index contributed by atoms with van der Waals surface area (Å²) in [6, 6.07) is 0.000245. The van der Waals surface area contributed by atoms with Gasteiger partial charge in [-0.3, -0.25) is 5.01 Å². The van der Waals surface area contributed by atoms with Crippen LogP contribution >= 0.6 is 0 Å². The van der Waals surface area contributed by atoms with Crippen molar-refractivity contribution in [2.24, 2.45) is 10.3 Å². The fourth-order valence-electron chi connectivity index (χ4n) is 1.35. The van der Waals surface area contributed by atoms with E-state index >= 15 is 0 Å². The maximum atomic E-state index is 12.6. The Morgan fingerprint density at radius 1 is 1.53 bits per heavy atom. The van der Waals surface area contributed by atoms with E-state index in [0.29, 0.717) is 19.0 Å². The lowest BCUT2D eigenvalue weighted by Crippen LogP contribution is -2.21. The Balaban J connectivity index is 2.34. The Hall–Kier alpha value is -1.92. The standard InChI is InChI=1S/C12H21FN6/c1-10(13)4-5-11(2)18(3)17-16-7-9-19-8-6-15-12(19)14/h4-6,8,10-11H,7,9H2,1-3H3,(H2,14,15)/b5-4-,17-16-. The lowest BCUT2D eigenvalue weighted by Gasteiger charge is -2.16. The van der Waals surface area contributed by atoms with Crippen LogP contribution in [0.15, 0.2) is 34.9 Å². The van der Waals surface area contributed by atoms with Crippen LogP contribution in [0.4, 0.5) is 10.3 Å². The molecule has 1 aromatic rings. The molecular weight excluding hydrogens is 247 g/mol. The molecule has 0 aliphatic heterocycles. The molecule has 0 aromatic carbocycles. The number of allylic oxidation sites excluding steroid dienone is 1. The predicted molar refractivity (Wildman–Crippen MR) is 73.3 cm³/mol. The zero-order valence-corrected chi connectivity index (χ0v) is 11.6. The van der Waals surface area contributed by atoms with Crippen molar-refractivity contribution in [3.8, 4) is 0 Å². The van der Waals surface area contributed by atoms with Crippen molar-refractivity contribution in [3.63, 3.8) is 0 Å². The van der Waals surface area contributed by atoms with E-state index in [2.05, 4.69) is 15.3 Å². The summed E-state index contributed by atoms with van der Waals surface area (Å²) in [4.78, 5) is 3.91. The van der Waals surface area contributed by atoms with Crippen LogP contribution in [0.3, 0.4) is 0 Å². The third-order valence-corrected chi connectivity index (χ3v) is 2.64. The highest BCUT2D eigenvalue weighted by Crippen LogP contribution is 2.02. The molecule has 2 unspecified atom stereocenters. The van der Waals surface area contributed by atoms with E-state index < -0.39 is 6.17 Å². The number of anilines is 1. The number of rotatable bonds is 7. The Bertz CT molecular complexity index is 426. The van der Waals surface area contributed by atoms with Crippen LogP contribution in [0, 0.1) is 0 Å². The number of hydrogen-bond donors (Lipinski definition) is 1. The molecule has 0 bridgehead atoms. The highest BCUT2D eigenvalue weighted by atomic mass is 19.1. The van der Waals surface area contributed by atoms with Crippen molar-refractivity contribution in [3.05, 3.63) is 24.5 Å². The van der Waals surface area contributed by atoms with Crippen LogP contribution < -0.4 is 5.73 Å². The van der Waals surface area contributed by atoms with Crippen LogP contribution in [0.5, 0.6) is 0 Å². The number of nitrogens with zero attached hydrogens (tertiary/aromatic N) is 5. The maximum absolute atomic E-state index is 12.6. The van der Waals surface area contributed by atoms with Crippen molar-refractivity contribution < 1.29 is 4.39 Å². The Labute approximate surface area is 112 Å².